The lowest BCUT2D eigenvalue weighted by Gasteiger charge is -2.32. The van der Waals surface area contributed by atoms with Gasteiger partial charge in [-0.2, -0.15) is 0 Å². The number of nitrogens with zero attached hydrogens (tertiary/aromatic N) is 2. The van der Waals surface area contributed by atoms with E-state index in [2.05, 4.69) is 39.6 Å². The Labute approximate surface area is 162 Å². The van der Waals surface area contributed by atoms with Gasteiger partial charge in [0, 0.05) is 32.6 Å². The van der Waals surface area contributed by atoms with Gasteiger partial charge in [-0.25, -0.2) is 0 Å². The summed E-state index contributed by atoms with van der Waals surface area (Å²) in [5, 5.41) is 8.05. The van der Waals surface area contributed by atoms with Crippen molar-refractivity contribution in [2.75, 3.05) is 46.9 Å². The summed E-state index contributed by atoms with van der Waals surface area (Å²) in [5.74, 6) is 2.43. The molecule has 1 atom stereocenters. The monoisotopic (exact) mass is 372 g/mol. The van der Waals surface area contributed by atoms with Gasteiger partial charge in [0.25, 0.3) is 0 Å². The van der Waals surface area contributed by atoms with E-state index < -0.39 is 0 Å². The number of para-hydroxylation sites is 1. The lowest BCUT2D eigenvalue weighted by atomic mass is 9.97. The van der Waals surface area contributed by atoms with Gasteiger partial charge < -0.3 is 24.7 Å². The Hall–Kier alpha value is -2.05. The highest BCUT2D eigenvalue weighted by Gasteiger charge is 2.19. The fourth-order valence-electron chi connectivity index (χ4n) is 3.56. The average Bonchev–Trinajstić information content (AvgIpc) is 3.14. The molecule has 1 fully saturated rings. The predicted octanol–water partition coefficient (Wildman–Crippen LogP) is 3.02. The smallest absolute Gasteiger partial charge is 0.191 e. The molecule has 0 amide bonds. The van der Waals surface area contributed by atoms with Crippen LogP contribution >= 0.6 is 0 Å². The fraction of sp³-hybridized carbons (Fsp3) is 0.571. The zero-order valence-electron chi connectivity index (χ0n) is 16.7. The molecule has 0 bridgehead atoms. The molecule has 1 saturated heterocycles. The Bertz CT molecular complexity index is 702. The average molecular weight is 373 g/mol. The largest absolute Gasteiger partial charge is 0.459 e. The molecule has 27 heavy (non-hydrogen) atoms. The van der Waals surface area contributed by atoms with Crippen LogP contribution in [0.2, 0.25) is 0 Å². The Morgan fingerprint density at radius 3 is 2.81 bits per heavy atom. The van der Waals surface area contributed by atoms with Crippen molar-refractivity contribution in [1.82, 2.24) is 15.5 Å². The molecule has 148 valence electrons. The Morgan fingerprint density at radius 1 is 1.33 bits per heavy atom. The van der Waals surface area contributed by atoms with Crippen molar-refractivity contribution in [2.45, 2.75) is 25.8 Å². The number of aliphatic imine (C=N–C) groups is 1. The lowest BCUT2D eigenvalue weighted by Crippen LogP contribution is -2.43. The summed E-state index contributed by atoms with van der Waals surface area (Å²) in [6, 6.07) is 10.2. The van der Waals surface area contributed by atoms with E-state index in [1.165, 1.54) is 12.8 Å². The van der Waals surface area contributed by atoms with E-state index in [4.69, 9.17) is 9.15 Å². The summed E-state index contributed by atoms with van der Waals surface area (Å²) >= 11 is 0. The minimum atomic E-state index is 0.0551. The normalized spacial score (nSPS) is 18.0. The number of likely N-dealkylation sites (tertiary alicyclic amines) is 1. The number of methoxy groups -OCH3 is 1. The number of fused-ring (bicyclic) bond motifs is 1. The number of rotatable bonds is 7. The number of guanidine groups is 1. The standard InChI is InChI=1S/C21H32N4O2/c1-16(20-14-18-6-4-5-7-19(18)27-20)24-21(22-2)23-15-17-8-10-25(11-9-17)12-13-26-3/h4-7,14,16-17H,8-13,15H2,1-3H3,(H2,22,23,24). The van der Waals surface area contributed by atoms with Crippen molar-refractivity contribution in [3.63, 3.8) is 0 Å². The van der Waals surface area contributed by atoms with Crippen molar-refractivity contribution in [3.05, 3.63) is 36.1 Å². The highest BCUT2D eigenvalue weighted by Crippen LogP contribution is 2.23. The Balaban J connectivity index is 1.45. The second-order valence-electron chi connectivity index (χ2n) is 7.28. The zero-order chi connectivity index (χ0) is 19.1. The van der Waals surface area contributed by atoms with E-state index in [1.54, 1.807) is 7.11 Å². The molecule has 0 saturated carbocycles. The third kappa shape index (κ3) is 5.47. The number of ether oxygens (including phenoxy) is 1. The van der Waals surface area contributed by atoms with Gasteiger partial charge in [-0.05, 0) is 50.9 Å². The van der Waals surface area contributed by atoms with E-state index >= 15 is 0 Å². The highest BCUT2D eigenvalue weighted by atomic mass is 16.5. The SMILES string of the molecule is CN=C(NCC1CCN(CCOC)CC1)NC(C)c1cc2ccccc2o1. The number of benzene rings is 1. The minimum Gasteiger partial charge on any atom is -0.459 e. The minimum absolute atomic E-state index is 0.0551. The van der Waals surface area contributed by atoms with Crippen LogP contribution in [0.1, 0.15) is 31.6 Å². The molecule has 1 aromatic heterocycles. The number of hydrogen-bond acceptors (Lipinski definition) is 4. The van der Waals surface area contributed by atoms with Crippen LogP contribution in [0.4, 0.5) is 0 Å². The summed E-state index contributed by atoms with van der Waals surface area (Å²) in [5.41, 5.74) is 0.921. The first-order valence-corrected chi connectivity index (χ1v) is 9.86. The van der Waals surface area contributed by atoms with Crippen LogP contribution < -0.4 is 10.6 Å². The van der Waals surface area contributed by atoms with Crippen molar-refractivity contribution >= 4 is 16.9 Å². The maximum Gasteiger partial charge on any atom is 0.191 e. The number of furan rings is 1. The molecule has 3 rings (SSSR count). The molecule has 1 aliphatic heterocycles. The van der Waals surface area contributed by atoms with Gasteiger partial charge in [0.2, 0.25) is 0 Å². The zero-order valence-corrected chi connectivity index (χ0v) is 16.7. The number of nitrogens with one attached hydrogen (secondary N) is 2. The Kier molecular flexibility index (Phi) is 7.12. The van der Waals surface area contributed by atoms with Gasteiger partial charge in [0.05, 0.1) is 12.6 Å². The van der Waals surface area contributed by atoms with Crippen LogP contribution in [0.3, 0.4) is 0 Å². The third-order valence-corrected chi connectivity index (χ3v) is 5.33. The highest BCUT2D eigenvalue weighted by molar-refractivity contribution is 5.81. The van der Waals surface area contributed by atoms with Crippen LogP contribution in [0, 0.1) is 5.92 Å². The summed E-state index contributed by atoms with van der Waals surface area (Å²) < 4.78 is 11.1. The van der Waals surface area contributed by atoms with E-state index in [0.29, 0.717) is 5.92 Å². The van der Waals surface area contributed by atoms with Gasteiger partial charge in [0.1, 0.15) is 11.3 Å². The molecule has 6 heteroatoms. The molecule has 0 aliphatic carbocycles. The molecule has 2 heterocycles. The van der Waals surface area contributed by atoms with E-state index in [-0.39, 0.29) is 6.04 Å². The van der Waals surface area contributed by atoms with Gasteiger partial charge in [-0.1, -0.05) is 18.2 Å². The molecule has 6 nitrogen and oxygen atoms in total. The van der Waals surface area contributed by atoms with Gasteiger partial charge >= 0.3 is 0 Å². The first kappa shape index (κ1) is 19.7. The molecular formula is C21H32N4O2. The first-order chi connectivity index (χ1) is 13.2. The van der Waals surface area contributed by atoms with Crippen LogP contribution in [0.15, 0.2) is 39.7 Å². The van der Waals surface area contributed by atoms with Crippen molar-refractivity contribution in [3.8, 4) is 0 Å². The maximum atomic E-state index is 5.95. The van der Waals surface area contributed by atoms with E-state index in [0.717, 1.165) is 55.5 Å². The topological polar surface area (TPSA) is 62.0 Å². The Morgan fingerprint density at radius 2 is 2.11 bits per heavy atom. The summed E-state index contributed by atoms with van der Waals surface area (Å²) in [6.07, 6.45) is 2.43. The van der Waals surface area contributed by atoms with E-state index in [9.17, 15) is 0 Å². The molecule has 2 N–H and O–H groups in total. The molecule has 0 radical (unpaired) electrons. The first-order valence-electron chi connectivity index (χ1n) is 9.86. The molecule has 1 aliphatic rings. The van der Waals surface area contributed by atoms with Gasteiger partial charge in [-0.3, -0.25) is 4.99 Å². The summed E-state index contributed by atoms with van der Waals surface area (Å²) in [7, 11) is 3.58. The van der Waals surface area contributed by atoms with Crippen LogP contribution in [-0.4, -0.2) is 57.8 Å². The van der Waals surface area contributed by atoms with Crippen LogP contribution in [0.5, 0.6) is 0 Å². The third-order valence-electron chi connectivity index (χ3n) is 5.33. The summed E-state index contributed by atoms with van der Waals surface area (Å²) in [6.45, 7) is 7.20. The van der Waals surface area contributed by atoms with Gasteiger partial charge in [0.15, 0.2) is 5.96 Å². The lowest BCUT2D eigenvalue weighted by molar-refractivity contribution is 0.121. The molecule has 1 aromatic carbocycles. The number of hydrogen-bond donors (Lipinski definition) is 2. The van der Waals surface area contributed by atoms with Crippen LogP contribution in [-0.2, 0) is 4.74 Å². The predicted molar refractivity (Wildman–Crippen MR) is 110 cm³/mol. The van der Waals surface area contributed by atoms with Gasteiger partial charge in [-0.15, -0.1) is 0 Å². The van der Waals surface area contributed by atoms with Crippen molar-refractivity contribution in [2.24, 2.45) is 10.9 Å². The second kappa shape index (κ2) is 9.76. The van der Waals surface area contributed by atoms with E-state index in [1.807, 2.05) is 25.2 Å². The molecular weight excluding hydrogens is 340 g/mol. The quantitative estimate of drug-likeness (QED) is 0.578. The molecule has 2 aromatic rings. The molecule has 1 unspecified atom stereocenters. The molecule has 0 spiro atoms. The van der Waals surface area contributed by atoms with Crippen molar-refractivity contribution in [1.29, 1.82) is 0 Å². The van der Waals surface area contributed by atoms with Crippen LogP contribution in [0.25, 0.3) is 11.0 Å². The maximum absolute atomic E-state index is 5.95. The summed E-state index contributed by atoms with van der Waals surface area (Å²) in [4.78, 5) is 6.86. The van der Waals surface area contributed by atoms with Crippen molar-refractivity contribution < 1.29 is 9.15 Å². The number of piperidine rings is 1. The second-order valence-corrected chi connectivity index (χ2v) is 7.28. The fourth-order valence-corrected chi connectivity index (χ4v) is 3.56.